The number of rotatable bonds is 5. The molecule has 0 saturated heterocycles. The van der Waals surface area contributed by atoms with E-state index in [-0.39, 0.29) is 11.1 Å². The smallest absolute Gasteiger partial charge is 0.338 e. The summed E-state index contributed by atoms with van der Waals surface area (Å²) in [6, 6.07) is 7.94. The Kier molecular flexibility index (Phi) is 5.68. The van der Waals surface area contributed by atoms with Crippen LogP contribution >= 0.6 is 0 Å². The molecule has 0 aliphatic carbocycles. The minimum Gasteiger partial charge on any atom is -0.496 e. The highest BCUT2D eigenvalue weighted by molar-refractivity contribution is 5.99. The molecule has 0 N–H and O–H groups in total. The van der Waals surface area contributed by atoms with Gasteiger partial charge in [-0.25, -0.2) is 9.18 Å². The van der Waals surface area contributed by atoms with E-state index >= 15 is 0 Å². The van der Waals surface area contributed by atoms with E-state index in [0.717, 1.165) is 5.56 Å². The molecular weight excluding hydrogens is 309 g/mol. The molecule has 126 valence electrons. The summed E-state index contributed by atoms with van der Waals surface area (Å²) in [5.74, 6) is -0.664. The van der Waals surface area contributed by atoms with E-state index in [1.54, 1.807) is 37.4 Å². The molecule has 5 heteroatoms. The van der Waals surface area contributed by atoms with E-state index < -0.39 is 11.8 Å². The van der Waals surface area contributed by atoms with Crippen LogP contribution in [0.4, 0.5) is 10.1 Å². The molecule has 2 rings (SSSR count). The van der Waals surface area contributed by atoms with Crippen molar-refractivity contribution in [1.82, 2.24) is 0 Å². The average Bonchev–Trinajstić information content (AvgIpc) is 2.60. The van der Waals surface area contributed by atoms with Crippen molar-refractivity contribution in [2.45, 2.75) is 20.3 Å². The van der Waals surface area contributed by atoms with Crippen molar-refractivity contribution in [3.63, 3.8) is 0 Å². The van der Waals surface area contributed by atoms with Crippen LogP contribution < -0.4 is 4.74 Å². The van der Waals surface area contributed by atoms with Crippen molar-refractivity contribution in [3.8, 4) is 16.9 Å². The number of hydrogen-bond acceptors (Lipinski definition) is 4. The summed E-state index contributed by atoms with van der Waals surface area (Å²) in [4.78, 5) is 16.6. The van der Waals surface area contributed by atoms with Crippen LogP contribution in [0.25, 0.3) is 11.1 Å². The molecule has 0 unspecified atom stereocenters. The third-order valence-corrected chi connectivity index (χ3v) is 3.74. The quantitative estimate of drug-likeness (QED) is 0.596. The molecule has 0 heterocycles. The summed E-state index contributed by atoms with van der Waals surface area (Å²) in [5, 5.41) is 0. The van der Waals surface area contributed by atoms with E-state index in [0.29, 0.717) is 23.4 Å². The lowest BCUT2D eigenvalue weighted by Crippen LogP contribution is -2.06. The predicted octanol–water partition coefficient (Wildman–Crippen LogP) is 4.57. The Labute approximate surface area is 140 Å². The third-order valence-electron chi connectivity index (χ3n) is 3.74. The highest BCUT2D eigenvalue weighted by Gasteiger charge is 2.21. The molecule has 0 radical (unpaired) electrons. The Balaban J connectivity index is 2.85. The number of hydrogen-bond donors (Lipinski definition) is 0. The largest absolute Gasteiger partial charge is 0.496 e. The molecule has 0 aromatic heterocycles. The van der Waals surface area contributed by atoms with E-state index in [4.69, 9.17) is 9.47 Å². The Morgan fingerprint density at radius 3 is 2.62 bits per heavy atom. The molecular formula is C19H20FNO3. The maximum atomic E-state index is 14.5. The molecule has 0 spiro atoms. The van der Waals surface area contributed by atoms with Crippen LogP contribution in [0.5, 0.6) is 5.75 Å². The van der Waals surface area contributed by atoms with Crippen LogP contribution in [0.1, 0.15) is 29.8 Å². The lowest BCUT2D eigenvalue weighted by Gasteiger charge is -2.15. The summed E-state index contributed by atoms with van der Waals surface area (Å²) in [5.41, 5.74) is 2.47. The summed E-state index contributed by atoms with van der Waals surface area (Å²) in [6.07, 6.45) is 2.35. The van der Waals surface area contributed by atoms with Gasteiger partial charge in [-0.1, -0.05) is 13.0 Å². The standard InChI is InChI=1S/C19H20FNO3/c1-5-12-10-14(19(22)24-4)13(11-16(12)21-6-2)18-15(20)8-7-9-17(18)23-3/h6-11H,5H2,1-4H3. The van der Waals surface area contributed by atoms with E-state index in [9.17, 15) is 9.18 Å². The molecule has 0 saturated carbocycles. The number of carbonyl (C=O) groups excluding carboxylic acids is 1. The summed E-state index contributed by atoms with van der Waals surface area (Å²) < 4.78 is 24.6. The van der Waals surface area contributed by atoms with E-state index in [2.05, 4.69) is 4.99 Å². The fourth-order valence-corrected chi connectivity index (χ4v) is 2.60. The molecule has 2 aromatic carbocycles. The monoisotopic (exact) mass is 329 g/mol. The Morgan fingerprint density at radius 2 is 2.04 bits per heavy atom. The van der Waals surface area contributed by atoms with Gasteiger partial charge < -0.3 is 9.47 Å². The van der Waals surface area contributed by atoms with Crippen molar-refractivity contribution in [3.05, 3.63) is 47.3 Å². The van der Waals surface area contributed by atoms with Gasteiger partial charge in [0.25, 0.3) is 0 Å². The first-order valence-electron chi connectivity index (χ1n) is 7.64. The molecule has 0 aliphatic heterocycles. The normalized spacial score (nSPS) is 10.9. The minimum absolute atomic E-state index is 0.218. The van der Waals surface area contributed by atoms with Crippen molar-refractivity contribution >= 4 is 17.9 Å². The fourth-order valence-electron chi connectivity index (χ4n) is 2.60. The zero-order chi connectivity index (χ0) is 17.7. The van der Waals surface area contributed by atoms with Gasteiger partial charge in [0.15, 0.2) is 0 Å². The predicted molar refractivity (Wildman–Crippen MR) is 92.9 cm³/mol. The summed E-state index contributed by atoms with van der Waals surface area (Å²) >= 11 is 0. The van der Waals surface area contributed by atoms with Crippen molar-refractivity contribution < 1.29 is 18.7 Å². The van der Waals surface area contributed by atoms with Crippen molar-refractivity contribution in [2.24, 2.45) is 4.99 Å². The van der Waals surface area contributed by atoms with Crippen LogP contribution in [0.15, 0.2) is 35.3 Å². The highest BCUT2D eigenvalue weighted by Crippen LogP contribution is 2.38. The van der Waals surface area contributed by atoms with Crippen LogP contribution in [0.3, 0.4) is 0 Å². The second-order valence-electron chi connectivity index (χ2n) is 5.08. The van der Waals surface area contributed by atoms with Gasteiger partial charge in [-0.2, -0.15) is 0 Å². The Hall–Kier alpha value is -2.69. The SMILES string of the molecule is CC=Nc1cc(-c2c(F)cccc2OC)c(C(=O)OC)cc1CC. The second kappa shape index (κ2) is 7.73. The average molecular weight is 329 g/mol. The molecule has 0 atom stereocenters. The van der Waals surface area contributed by atoms with Gasteiger partial charge in [0, 0.05) is 11.8 Å². The number of aliphatic imine (C=N–C) groups is 1. The van der Waals surface area contributed by atoms with Gasteiger partial charge in [0.05, 0.1) is 31.0 Å². The first kappa shape index (κ1) is 17.7. The van der Waals surface area contributed by atoms with Gasteiger partial charge in [0.2, 0.25) is 0 Å². The molecule has 2 aromatic rings. The molecule has 4 nitrogen and oxygen atoms in total. The first-order chi connectivity index (χ1) is 11.6. The Morgan fingerprint density at radius 1 is 1.29 bits per heavy atom. The number of esters is 1. The number of halogens is 1. The molecule has 0 amide bonds. The summed E-state index contributed by atoms with van der Waals surface area (Å²) in [7, 11) is 2.76. The number of carbonyl (C=O) groups is 1. The van der Waals surface area contributed by atoms with Crippen LogP contribution in [0, 0.1) is 5.82 Å². The van der Waals surface area contributed by atoms with Crippen LogP contribution in [-0.2, 0) is 11.2 Å². The topological polar surface area (TPSA) is 47.9 Å². The molecule has 24 heavy (non-hydrogen) atoms. The lowest BCUT2D eigenvalue weighted by atomic mass is 9.94. The summed E-state index contributed by atoms with van der Waals surface area (Å²) in [6.45, 7) is 3.77. The Bertz CT molecular complexity index is 784. The van der Waals surface area contributed by atoms with Gasteiger partial charge in [-0.15, -0.1) is 0 Å². The minimum atomic E-state index is -0.531. The first-order valence-corrected chi connectivity index (χ1v) is 7.64. The third kappa shape index (κ3) is 3.30. The van der Waals surface area contributed by atoms with Gasteiger partial charge in [-0.05, 0) is 43.2 Å². The molecule has 0 aliphatic rings. The zero-order valence-corrected chi connectivity index (χ0v) is 14.2. The number of benzene rings is 2. The lowest BCUT2D eigenvalue weighted by molar-refractivity contribution is 0.0601. The molecule has 0 bridgehead atoms. The van der Waals surface area contributed by atoms with Gasteiger partial charge in [-0.3, -0.25) is 4.99 Å². The number of ether oxygens (including phenoxy) is 2. The van der Waals surface area contributed by atoms with Gasteiger partial charge in [0.1, 0.15) is 11.6 Å². The van der Waals surface area contributed by atoms with Crippen LogP contribution in [-0.4, -0.2) is 26.4 Å². The van der Waals surface area contributed by atoms with Crippen LogP contribution in [0.2, 0.25) is 0 Å². The number of aryl methyl sites for hydroxylation is 1. The number of methoxy groups -OCH3 is 2. The highest BCUT2D eigenvalue weighted by atomic mass is 19.1. The fraction of sp³-hybridized carbons (Fsp3) is 0.263. The second-order valence-corrected chi connectivity index (χ2v) is 5.08. The van der Waals surface area contributed by atoms with E-state index in [1.165, 1.54) is 20.3 Å². The van der Waals surface area contributed by atoms with E-state index in [1.807, 2.05) is 6.92 Å². The maximum Gasteiger partial charge on any atom is 0.338 e. The molecule has 0 fully saturated rings. The van der Waals surface area contributed by atoms with Gasteiger partial charge >= 0.3 is 5.97 Å². The van der Waals surface area contributed by atoms with Crippen molar-refractivity contribution in [1.29, 1.82) is 0 Å². The maximum absolute atomic E-state index is 14.5. The van der Waals surface area contributed by atoms with Crippen molar-refractivity contribution in [2.75, 3.05) is 14.2 Å². The number of nitrogens with zero attached hydrogens (tertiary/aromatic N) is 1. The zero-order valence-electron chi connectivity index (χ0n) is 14.2.